The van der Waals surface area contributed by atoms with E-state index >= 15 is 0 Å². The lowest BCUT2D eigenvalue weighted by atomic mass is 10.1. The van der Waals surface area contributed by atoms with Crippen LogP contribution < -0.4 is 4.90 Å². The maximum Gasteiger partial charge on any atom is 0.258 e. The Morgan fingerprint density at radius 1 is 1.24 bits per heavy atom. The Morgan fingerprint density at radius 3 is 2.57 bits per heavy atom. The van der Waals surface area contributed by atoms with Crippen molar-refractivity contribution in [3.63, 3.8) is 0 Å². The van der Waals surface area contributed by atoms with Crippen LogP contribution in [-0.2, 0) is 0 Å². The minimum atomic E-state index is -0.0820. The van der Waals surface area contributed by atoms with Crippen LogP contribution in [0.3, 0.4) is 0 Å². The second kappa shape index (κ2) is 7.05. The summed E-state index contributed by atoms with van der Waals surface area (Å²) in [5.41, 5.74) is 2.37. The summed E-state index contributed by atoms with van der Waals surface area (Å²) in [5, 5.41) is 8.81. The van der Waals surface area contributed by atoms with Crippen molar-refractivity contribution in [1.29, 1.82) is 5.26 Å². The average molecular weight is 343 g/mol. The fourth-order valence-electron chi connectivity index (χ4n) is 2.13. The molecule has 0 N–H and O–H groups in total. The number of hydrogen-bond acceptors (Lipinski definition) is 2. The first-order valence-corrected chi connectivity index (χ1v) is 7.43. The van der Waals surface area contributed by atoms with Gasteiger partial charge >= 0.3 is 0 Å². The number of carbonyl (C=O) groups excluding carboxylic acids is 1. The number of aryl methyl sites for hydroxylation is 1. The first-order valence-electron chi connectivity index (χ1n) is 6.63. The summed E-state index contributed by atoms with van der Waals surface area (Å²) in [6.07, 6.45) is 0.302. The van der Waals surface area contributed by atoms with Gasteiger partial charge in [-0.3, -0.25) is 4.79 Å². The van der Waals surface area contributed by atoms with Crippen LogP contribution >= 0.6 is 15.9 Å². The molecule has 0 aromatic heterocycles. The molecule has 0 radical (unpaired) electrons. The number of rotatable bonds is 4. The summed E-state index contributed by atoms with van der Waals surface area (Å²) in [6, 6.07) is 17.1. The zero-order valence-electron chi connectivity index (χ0n) is 11.7. The van der Waals surface area contributed by atoms with Crippen LogP contribution in [-0.4, -0.2) is 12.5 Å². The molecule has 0 bridgehead atoms. The van der Waals surface area contributed by atoms with E-state index in [1.165, 1.54) is 0 Å². The van der Waals surface area contributed by atoms with Gasteiger partial charge in [0.1, 0.15) is 0 Å². The molecular weight excluding hydrogens is 328 g/mol. The third kappa shape index (κ3) is 3.71. The quantitative estimate of drug-likeness (QED) is 0.830. The molecule has 0 saturated heterocycles. The highest BCUT2D eigenvalue weighted by Crippen LogP contribution is 2.21. The Labute approximate surface area is 132 Å². The molecule has 0 saturated carbocycles. The lowest BCUT2D eigenvalue weighted by molar-refractivity contribution is 0.0987. The van der Waals surface area contributed by atoms with E-state index in [9.17, 15) is 4.79 Å². The van der Waals surface area contributed by atoms with Crippen LogP contribution in [0.25, 0.3) is 0 Å². The Balaban J connectivity index is 2.37. The van der Waals surface area contributed by atoms with E-state index in [4.69, 9.17) is 5.26 Å². The van der Waals surface area contributed by atoms with Gasteiger partial charge in [0.25, 0.3) is 5.91 Å². The van der Waals surface area contributed by atoms with E-state index in [1.54, 1.807) is 4.90 Å². The van der Waals surface area contributed by atoms with Crippen molar-refractivity contribution < 1.29 is 4.79 Å². The highest BCUT2D eigenvalue weighted by Gasteiger charge is 2.19. The molecule has 21 heavy (non-hydrogen) atoms. The molecule has 2 aromatic rings. The molecule has 3 nitrogen and oxygen atoms in total. The van der Waals surface area contributed by atoms with Gasteiger partial charge in [-0.15, -0.1) is 0 Å². The molecular formula is C17H15BrN2O. The third-order valence-electron chi connectivity index (χ3n) is 3.18. The summed E-state index contributed by atoms with van der Waals surface area (Å²) < 4.78 is 0.944. The van der Waals surface area contributed by atoms with Crippen molar-refractivity contribution in [3.05, 3.63) is 64.1 Å². The number of nitrogens with zero attached hydrogens (tertiary/aromatic N) is 2. The van der Waals surface area contributed by atoms with E-state index in [2.05, 4.69) is 22.0 Å². The smallest absolute Gasteiger partial charge is 0.258 e. The van der Waals surface area contributed by atoms with Gasteiger partial charge in [0.15, 0.2) is 0 Å². The second-order valence-corrected chi connectivity index (χ2v) is 5.58. The molecule has 0 unspecified atom stereocenters. The van der Waals surface area contributed by atoms with Crippen LogP contribution in [0.4, 0.5) is 5.69 Å². The topological polar surface area (TPSA) is 44.1 Å². The predicted octanol–water partition coefficient (Wildman–Crippen LogP) is 4.32. The monoisotopic (exact) mass is 342 g/mol. The van der Waals surface area contributed by atoms with Gasteiger partial charge < -0.3 is 4.90 Å². The molecule has 0 aliphatic heterocycles. The zero-order valence-corrected chi connectivity index (χ0v) is 13.3. The Morgan fingerprint density at radius 2 is 1.95 bits per heavy atom. The van der Waals surface area contributed by atoms with Crippen LogP contribution in [0.2, 0.25) is 0 Å². The van der Waals surface area contributed by atoms with Crippen molar-refractivity contribution in [2.24, 2.45) is 0 Å². The standard InChI is InChI=1S/C17H15BrN2O/c1-13-12-14(18)8-9-16(13)17(21)20(11-5-10-19)15-6-3-2-4-7-15/h2-4,6-9,12H,5,11H2,1H3. The number of hydrogen-bond donors (Lipinski definition) is 0. The predicted molar refractivity (Wildman–Crippen MR) is 87.2 cm³/mol. The zero-order chi connectivity index (χ0) is 15.2. The van der Waals surface area contributed by atoms with Crippen molar-refractivity contribution >= 4 is 27.5 Å². The maximum atomic E-state index is 12.8. The van der Waals surface area contributed by atoms with E-state index < -0.39 is 0 Å². The van der Waals surface area contributed by atoms with Gasteiger partial charge in [-0.1, -0.05) is 34.1 Å². The molecule has 4 heteroatoms. The number of anilines is 1. The summed E-state index contributed by atoms with van der Waals surface area (Å²) in [6.45, 7) is 2.29. The molecule has 0 spiro atoms. The van der Waals surface area contributed by atoms with E-state index in [0.29, 0.717) is 18.5 Å². The number of amides is 1. The summed E-state index contributed by atoms with van der Waals surface area (Å²) in [5.74, 6) is -0.0820. The van der Waals surface area contributed by atoms with Gasteiger partial charge in [-0.05, 0) is 42.8 Å². The van der Waals surface area contributed by atoms with Crippen LogP contribution in [0.5, 0.6) is 0 Å². The first kappa shape index (κ1) is 15.3. The Bertz CT molecular complexity index is 677. The van der Waals surface area contributed by atoms with E-state index in [0.717, 1.165) is 15.7 Å². The fourth-order valence-corrected chi connectivity index (χ4v) is 2.61. The lowest BCUT2D eigenvalue weighted by Gasteiger charge is -2.22. The number of benzene rings is 2. The highest BCUT2D eigenvalue weighted by molar-refractivity contribution is 9.10. The largest absolute Gasteiger partial charge is 0.307 e. The van der Waals surface area contributed by atoms with Gasteiger partial charge in [0, 0.05) is 22.3 Å². The molecule has 0 aliphatic rings. The SMILES string of the molecule is Cc1cc(Br)ccc1C(=O)N(CCC#N)c1ccccc1. The fraction of sp³-hybridized carbons (Fsp3) is 0.176. The molecule has 1 amide bonds. The van der Waals surface area contributed by atoms with Gasteiger partial charge in [0.2, 0.25) is 0 Å². The molecule has 0 atom stereocenters. The normalized spacial score (nSPS) is 9.95. The summed E-state index contributed by atoms with van der Waals surface area (Å²) in [7, 11) is 0. The van der Waals surface area contributed by atoms with Gasteiger partial charge in [-0.25, -0.2) is 0 Å². The highest BCUT2D eigenvalue weighted by atomic mass is 79.9. The number of nitriles is 1. The van der Waals surface area contributed by atoms with E-state index in [1.807, 2.05) is 55.5 Å². The van der Waals surface area contributed by atoms with E-state index in [-0.39, 0.29) is 5.91 Å². The second-order valence-electron chi connectivity index (χ2n) is 4.66. The maximum absolute atomic E-state index is 12.8. The van der Waals surface area contributed by atoms with Gasteiger partial charge in [0.05, 0.1) is 12.5 Å². The number of halogens is 1. The van der Waals surface area contributed by atoms with Crippen molar-refractivity contribution in [2.75, 3.05) is 11.4 Å². The lowest BCUT2D eigenvalue weighted by Crippen LogP contribution is -2.32. The minimum Gasteiger partial charge on any atom is -0.307 e. The van der Waals surface area contributed by atoms with Crippen LogP contribution in [0.1, 0.15) is 22.3 Å². The van der Waals surface area contributed by atoms with Crippen LogP contribution in [0.15, 0.2) is 53.0 Å². The van der Waals surface area contributed by atoms with Crippen molar-refractivity contribution in [1.82, 2.24) is 0 Å². The molecule has 0 aliphatic carbocycles. The van der Waals surface area contributed by atoms with Crippen LogP contribution in [0, 0.1) is 18.3 Å². The minimum absolute atomic E-state index is 0.0820. The summed E-state index contributed by atoms with van der Waals surface area (Å²) in [4.78, 5) is 14.4. The third-order valence-corrected chi connectivity index (χ3v) is 3.67. The molecule has 106 valence electrons. The first-order chi connectivity index (χ1) is 10.1. The van der Waals surface area contributed by atoms with Crippen molar-refractivity contribution in [2.45, 2.75) is 13.3 Å². The average Bonchev–Trinajstić information content (AvgIpc) is 2.48. The van der Waals surface area contributed by atoms with Gasteiger partial charge in [-0.2, -0.15) is 5.26 Å². The molecule has 2 rings (SSSR count). The Kier molecular flexibility index (Phi) is 5.13. The van der Waals surface area contributed by atoms with Crippen molar-refractivity contribution in [3.8, 4) is 6.07 Å². The molecule has 0 heterocycles. The molecule has 0 fully saturated rings. The molecule has 2 aromatic carbocycles. The summed E-state index contributed by atoms with van der Waals surface area (Å²) >= 11 is 3.40. The number of para-hydroxylation sites is 1. The number of carbonyl (C=O) groups is 1. The Hall–Kier alpha value is -2.12.